The van der Waals surface area contributed by atoms with Crippen molar-refractivity contribution in [3.63, 3.8) is 0 Å². The number of hydrogen-bond acceptors (Lipinski definition) is 3. The second kappa shape index (κ2) is 3.56. The molecule has 1 aromatic carbocycles. The fraction of sp³-hybridized carbons (Fsp3) is 0. The van der Waals surface area contributed by atoms with Gasteiger partial charge in [0, 0.05) is 0 Å². The van der Waals surface area contributed by atoms with Crippen molar-refractivity contribution in [3.8, 4) is 0 Å². The van der Waals surface area contributed by atoms with Crippen molar-refractivity contribution in [2.24, 2.45) is 0 Å². The van der Waals surface area contributed by atoms with Gasteiger partial charge in [-0.25, -0.2) is 9.59 Å². The van der Waals surface area contributed by atoms with E-state index in [2.05, 4.69) is 4.42 Å². The van der Waals surface area contributed by atoms with Gasteiger partial charge in [-0.3, -0.25) is 0 Å². The SMILES string of the molecule is O=c1oc(=O)c2ccc1cc2.[Ca+2].[H-].[H-]. The van der Waals surface area contributed by atoms with Gasteiger partial charge in [0.2, 0.25) is 0 Å². The molecule has 0 radical (unpaired) electrons. The minimum atomic E-state index is -0.574. The number of hydrogen-bond donors (Lipinski definition) is 0. The Morgan fingerprint density at radius 1 is 0.917 bits per heavy atom. The topological polar surface area (TPSA) is 47.3 Å². The van der Waals surface area contributed by atoms with E-state index in [-0.39, 0.29) is 40.6 Å². The number of benzene rings is 1. The maximum atomic E-state index is 10.9. The van der Waals surface area contributed by atoms with Crippen molar-refractivity contribution in [2.75, 3.05) is 0 Å². The predicted octanol–water partition coefficient (Wildman–Crippen LogP) is 0.435. The molecule has 0 N–H and O–H groups in total. The zero-order chi connectivity index (χ0) is 7.84. The molecule has 12 heavy (non-hydrogen) atoms. The van der Waals surface area contributed by atoms with Crippen LogP contribution in [0.3, 0.4) is 0 Å². The zero-order valence-corrected chi connectivity index (χ0v) is 8.45. The van der Waals surface area contributed by atoms with E-state index in [0.29, 0.717) is 10.8 Å². The first-order chi connectivity index (χ1) is 5.27. The Morgan fingerprint density at radius 3 is 1.58 bits per heavy atom. The largest absolute Gasteiger partial charge is 2.00 e. The van der Waals surface area contributed by atoms with Crippen LogP contribution in [0.2, 0.25) is 0 Å². The summed E-state index contributed by atoms with van der Waals surface area (Å²) in [6, 6.07) is 6.29. The molecule has 0 saturated heterocycles. The summed E-state index contributed by atoms with van der Waals surface area (Å²) in [6.07, 6.45) is 0. The quantitative estimate of drug-likeness (QED) is 0.566. The minimum Gasteiger partial charge on any atom is -1.00 e. The van der Waals surface area contributed by atoms with E-state index in [1.807, 2.05) is 0 Å². The average Bonchev–Trinajstić information content (AvgIpc) is 2.22. The molecule has 0 fully saturated rings. The van der Waals surface area contributed by atoms with E-state index in [4.69, 9.17) is 0 Å². The Labute approximate surface area is 100 Å². The van der Waals surface area contributed by atoms with Crippen LogP contribution in [-0.4, -0.2) is 37.7 Å². The second-order valence-corrected chi connectivity index (χ2v) is 2.25. The van der Waals surface area contributed by atoms with Gasteiger partial charge in [0.15, 0.2) is 0 Å². The van der Waals surface area contributed by atoms with Crippen molar-refractivity contribution < 1.29 is 7.27 Å². The summed E-state index contributed by atoms with van der Waals surface area (Å²) in [5.41, 5.74) is -1.15. The van der Waals surface area contributed by atoms with Crippen LogP contribution in [0.4, 0.5) is 0 Å². The molecule has 0 unspecified atom stereocenters. The normalized spacial score (nSPS) is 9.67. The van der Waals surface area contributed by atoms with Crippen LogP contribution in [0.1, 0.15) is 2.85 Å². The number of rotatable bonds is 0. The summed E-state index contributed by atoms with van der Waals surface area (Å²) in [5.74, 6) is 0. The molecule has 2 bridgehead atoms. The van der Waals surface area contributed by atoms with Gasteiger partial charge in [-0.15, -0.1) is 0 Å². The van der Waals surface area contributed by atoms with Gasteiger partial charge in [0.1, 0.15) is 0 Å². The standard InChI is InChI=1S/C8H4O3.Ca.2H/c9-7-5-1-2-6(4-3-5)8(10)11-7;;;/h1-4H;;;/q;+2;2*-1. The van der Waals surface area contributed by atoms with Gasteiger partial charge >= 0.3 is 49.0 Å². The van der Waals surface area contributed by atoms with Crippen LogP contribution in [0.5, 0.6) is 0 Å². The molecule has 0 atom stereocenters. The van der Waals surface area contributed by atoms with Crippen molar-refractivity contribution in [1.82, 2.24) is 0 Å². The Morgan fingerprint density at radius 2 is 1.25 bits per heavy atom. The predicted molar refractivity (Wildman–Crippen MR) is 47.9 cm³/mol. The zero-order valence-electron chi connectivity index (χ0n) is 8.24. The molecular weight excluding hydrogens is 184 g/mol. The Hall–Kier alpha value is -0.380. The molecular formula is C8H6CaO3. The minimum absolute atomic E-state index is 0. The molecule has 2 heterocycles. The van der Waals surface area contributed by atoms with Crippen molar-refractivity contribution in [1.29, 1.82) is 0 Å². The molecule has 0 saturated carbocycles. The summed E-state index contributed by atoms with van der Waals surface area (Å²) >= 11 is 0. The van der Waals surface area contributed by atoms with Crippen molar-refractivity contribution >= 4 is 48.5 Å². The number of fused-ring (bicyclic) bond motifs is 4. The van der Waals surface area contributed by atoms with Gasteiger partial charge in [0.05, 0.1) is 10.8 Å². The van der Waals surface area contributed by atoms with Crippen LogP contribution in [0.25, 0.3) is 10.8 Å². The van der Waals surface area contributed by atoms with E-state index < -0.39 is 11.3 Å². The summed E-state index contributed by atoms with van der Waals surface area (Å²) < 4.78 is 4.42. The summed E-state index contributed by atoms with van der Waals surface area (Å²) in [7, 11) is 0. The first kappa shape index (κ1) is 9.71. The molecule has 4 heteroatoms. The summed E-state index contributed by atoms with van der Waals surface area (Å²) in [6.45, 7) is 0. The molecule has 0 spiro atoms. The van der Waals surface area contributed by atoms with Gasteiger partial charge in [-0.1, -0.05) is 0 Å². The van der Waals surface area contributed by atoms with Crippen LogP contribution in [-0.2, 0) is 0 Å². The van der Waals surface area contributed by atoms with Gasteiger partial charge in [0.25, 0.3) is 0 Å². The second-order valence-electron chi connectivity index (χ2n) is 2.25. The summed E-state index contributed by atoms with van der Waals surface area (Å²) in [4.78, 5) is 21.8. The molecule has 0 amide bonds. The fourth-order valence-electron chi connectivity index (χ4n) is 0.944. The van der Waals surface area contributed by atoms with Crippen LogP contribution < -0.4 is 11.3 Å². The van der Waals surface area contributed by atoms with E-state index >= 15 is 0 Å². The van der Waals surface area contributed by atoms with Crippen LogP contribution in [0.15, 0.2) is 38.3 Å². The van der Waals surface area contributed by atoms with E-state index in [0.717, 1.165) is 0 Å². The monoisotopic (exact) mass is 190 g/mol. The smallest absolute Gasteiger partial charge is 1.00 e. The van der Waals surface area contributed by atoms with E-state index in [1.165, 1.54) is 0 Å². The maximum absolute atomic E-state index is 10.9. The van der Waals surface area contributed by atoms with Crippen molar-refractivity contribution in [3.05, 3.63) is 45.1 Å². The van der Waals surface area contributed by atoms with Crippen molar-refractivity contribution in [2.45, 2.75) is 0 Å². The third kappa shape index (κ3) is 1.53. The molecule has 0 aliphatic heterocycles. The third-order valence-electron chi connectivity index (χ3n) is 1.54. The summed E-state index contributed by atoms with van der Waals surface area (Å²) in [5, 5.41) is 0.833. The van der Waals surface area contributed by atoms with Crippen LogP contribution in [0, 0.1) is 0 Å². The van der Waals surface area contributed by atoms with Gasteiger partial charge in [-0.2, -0.15) is 0 Å². The third-order valence-corrected chi connectivity index (χ3v) is 1.54. The van der Waals surface area contributed by atoms with Gasteiger partial charge < -0.3 is 7.27 Å². The van der Waals surface area contributed by atoms with Gasteiger partial charge in [-0.05, 0) is 24.3 Å². The Bertz CT molecular complexity index is 432. The Balaban J connectivity index is 0. The molecule has 2 aromatic heterocycles. The molecule has 0 aliphatic carbocycles. The fourth-order valence-corrected chi connectivity index (χ4v) is 0.944. The average molecular weight is 190 g/mol. The molecule has 3 aromatic rings. The first-order valence-electron chi connectivity index (χ1n) is 3.14. The van der Waals surface area contributed by atoms with Crippen LogP contribution >= 0.6 is 0 Å². The molecule has 3 rings (SSSR count). The molecule has 58 valence electrons. The maximum Gasteiger partial charge on any atom is 2.00 e. The van der Waals surface area contributed by atoms with E-state index in [9.17, 15) is 9.59 Å². The molecule has 3 nitrogen and oxygen atoms in total. The molecule has 0 aliphatic rings. The Kier molecular flexibility index (Phi) is 2.88. The first-order valence-corrected chi connectivity index (χ1v) is 3.14. The van der Waals surface area contributed by atoms with E-state index in [1.54, 1.807) is 24.3 Å².